The van der Waals surface area contributed by atoms with Crippen molar-refractivity contribution in [3.05, 3.63) is 12.2 Å². The van der Waals surface area contributed by atoms with Crippen LogP contribution in [0.25, 0.3) is 0 Å². The molecule has 0 aromatic heterocycles. The van der Waals surface area contributed by atoms with Gasteiger partial charge < -0.3 is 5.32 Å². The number of hydrogen-bond donors (Lipinski definition) is 2. The summed E-state index contributed by atoms with van der Waals surface area (Å²) in [4.78, 5) is 0. The molecule has 0 aliphatic rings. The van der Waals surface area contributed by atoms with Gasteiger partial charge in [-0.1, -0.05) is 12.2 Å². The lowest BCUT2D eigenvalue weighted by molar-refractivity contribution is 0.360. The Morgan fingerprint density at radius 3 is 2.45 bits per heavy atom. The molecule has 0 aliphatic heterocycles. The van der Waals surface area contributed by atoms with Gasteiger partial charge >= 0.3 is 0 Å². The summed E-state index contributed by atoms with van der Waals surface area (Å²) in [5.41, 5.74) is 3.97. The van der Waals surface area contributed by atoms with Crippen molar-refractivity contribution in [2.24, 2.45) is 0 Å². The smallest absolute Gasteiger partial charge is 0.181 e. The molecule has 0 saturated carbocycles. The first-order valence-corrected chi connectivity index (χ1v) is 3.79. The zero-order valence-corrected chi connectivity index (χ0v) is 8.09. The fourth-order valence-electron chi connectivity index (χ4n) is 0.474. The van der Waals surface area contributed by atoms with Gasteiger partial charge in [-0.05, 0) is 19.1 Å². The zero-order chi connectivity index (χ0) is 8.85. The molecule has 0 amide bonds. The van der Waals surface area contributed by atoms with Crippen molar-refractivity contribution in [3.8, 4) is 0 Å². The molecule has 0 atom stereocenters. The summed E-state index contributed by atoms with van der Waals surface area (Å²) in [6.45, 7) is 6.41. The molecule has 0 heterocycles. The Labute approximate surface area is 73.4 Å². The van der Waals surface area contributed by atoms with Crippen molar-refractivity contribution in [1.29, 1.82) is 0 Å². The molecule has 0 aromatic carbocycles. The Morgan fingerprint density at radius 1 is 1.55 bits per heavy atom. The molecule has 64 valence electrons. The molecule has 0 unspecified atom stereocenters. The minimum absolute atomic E-state index is 0.623. The summed E-state index contributed by atoms with van der Waals surface area (Å²) in [6, 6.07) is 0. The van der Waals surface area contributed by atoms with E-state index < -0.39 is 0 Å². The van der Waals surface area contributed by atoms with Gasteiger partial charge in [0.15, 0.2) is 5.11 Å². The van der Waals surface area contributed by atoms with E-state index in [1.165, 1.54) is 0 Å². The van der Waals surface area contributed by atoms with Crippen molar-refractivity contribution in [1.82, 2.24) is 15.8 Å². The molecule has 0 radical (unpaired) electrons. The summed E-state index contributed by atoms with van der Waals surface area (Å²) in [6.07, 6.45) is 0. The third-order valence-electron chi connectivity index (χ3n) is 0.876. The Morgan fingerprint density at radius 2 is 2.09 bits per heavy atom. The molecule has 0 fully saturated rings. The third kappa shape index (κ3) is 7.29. The topological polar surface area (TPSA) is 27.3 Å². The van der Waals surface area contributed by atoms with E-state index in [-0.39, 0.29) is 0 Å². The van der Waals surface area contributed by atoms with Crippen molar-refractivity contribution in [3.63, 3.8) is 0 Å². The molecule has 2 N–H and O–H groups in total. The molecule has 0 saturated heterocycles. The van der Waals surface area contributed by atoms with Crippen molar-refractivity contribution < 1.29 is 0 Å². The Balaban J connectivity index is 3.45. The molecular formula is C7H15N3S. The average molecular weight is 173 g/mol. The minimum Gasteiger partial charge on any atom is -0.358 e. The predicted molar refractivity (Wildman–Crippen MR) is 52.2 cm³/mol. The third-order valence-corrected chi connectivity index (χ3v) is 1.11. The van der Waals surface area contributed by atoms with E-state index in [0.29, 0.717) is 5.11 Å². The van der Waals surface area contributed by atoms with Crippen LogP contribution in [-0.2, 0) is 0 Å². The SMILES string of the molecule is C=C(C)CNC(=S)NN(C)C. The lowest BCUT2D eigenvalue weighted by Gasteiger charge is -2.15. The first-order chi connectivity index (χ1) is 5.02. The molecule has 0 spiro atoms. The summed E-state index contributed by atoms with van der Waals surface area (Å²) in [7, 11) is 3.77. The van der Waals surface area contributed by atoms with E-state index in [1.807, 2.05) is 21.0 Å². The maximum absolute atomic E-state index is 4.94. The number of nitrogens with one attached hydrogen (secondary N) is 2. The van der Waals surface area contributed by atoms with Crippen LogP contribution in [0.4, 0.5) is 0 Å². The van der Waals surface area contributed by atoms with Crippen molar-refractivity contribution in [2.75, 3.05) is 20.6 Å². The van der Waals surface area contributed by atoms with E-state index >= 15 is 0 Å². The summed E-state index contributed by atoms with van der Waals surface area (Å²) in [5, 5.41) is 5.40. The van der Waals surface area contributed by atoms with E-state index in [0.717, 1.165) is 12.1 Å². The van der Waals surface area contributed by atoms with Gasteiger partial charge in [-0.2, -0.15) is 0 Å². The quantitative estimate of drug-likeness (QED) is 0.369. The van der Waals surface area contributed by atoms with Crippen LogP contribution >= 0.6 is 12.2 Å². The number of nitrogens with zero attached hydrogens (tertiary/aromatic N) is 1. The molecule has 0 aliphatic carbocycles. The van der Waals surface area contributed by atoms with Gasteiger partial charge in [0.05, 0.1) is 0 Å². The van der Waals surface area contributed by atoms with Crippen LogP contribution in [0.15, 0.2) is 12.2 Å². The van der Waals surface area contributed by atoms with Crippen LogP contribution < -0.4 is 10.7 Å². The van der Waals surface area contributed by atoms with E-state index in [9.17, 15) is 0 Å². The fraction of sp³-hybridized carbons (Fsp3) is 0.571. The summed E-state index contributed by atoms with van der Waals surface area (Å²) >= 11 is 4.94. The van der Waals surface area contributed by atoms with Crippen molar-refractivity contribution in [2.45, 2.75) is 6.92 Å². The van der Waals surface area contributed by atoms with Gasteiger partial charge in [0.1, 0.15) is 0 Å². The summed E-state index contributed by atoms with van der Waals surface area (Å²) < 4.78 is 0. The van der Waals surface area contributed by atoms with Gasteiger partial charge in [0, 0.05) is 20.6 Å². The Hall–Kier alpha value is -0.610. The van der Waals surface area contributed by atoms with E-state index in [2.05, 4.69) is 17.3 Å². The predicted octanol–water partition coefficient (Wildman–Crippen LogP) is 0.503. The summed E-state index contributed by atoms with van der Waals surface area (Å²) in [5.74, 6) is 0. The van der Waals surface area contributed by atoms with E-state index in [1.54, 1.807) is 5.01 Å². The standard InChI is InChI=1S/C7H15N3S/c1-6(2)5-8-7(11)9-10(3)4/h1,5H2,2-4H3,(H2,8,9,11). The normalized spacial score (nSPS) is 9.45. The minimum atomic E-state index is 0.623. The maximum atomic E-state index is 4.94. The van der Waals surface area contributed by atoms with Crippen LogP contribution in [0.5, 0.6) is 0 Å². The molecular weight excluding hydrogens is 158 g/mol. The van der Waals surface area contributed by atoms with Crippen LogP contribution in [0.1, 0.15) is 6.92 Å². The molecule has 0 bridgehead atoms. The van der Waals surface area contributed by atoms with Gasteiger partial charge in [0.25, 0.3) is 0 Å². The fourth-order valence-corrected chi connectivity index (χ4v) is 0.729. The highest BCUT2D eigenvalue weighted by molar-refractivity contribution is 7.80. The highest BCUT2D eigenvalue weighted by Crippen LogP contribution is 1.81. The lowest BCUT2D eigenvalue weighted by atomic mass is 10.4. The molecule has 3 nitrogen and oxygen atoms in total. The Kier molecular flexibility index (Phi) is 4.81. The van der Waals surface area contributed by atoms with Crippen molar-refractivity contribution >= 4 is 17.3 Å². The first-order valence-electron chi connectivity index (χ1n) is 3.38. The number of hydrogen-bond acceptors (Lipinski definition) is 2. The molecule has 0 aromatic rings. The highest BCUT2D eigenvalue weighted by atomic mass is 32.1. The van der Waals surface area contributed by atoms with Crippen LogP contribution in [0, 0.1) is 0 Å². The zero-order valence-electron chi connectivity index (χ0n) is 7.27. The number of thiocarbonyl (C=S) groups is 1. The number of rotatable bonds is 3. The number of hydrazine groups is 1. The van der Waals surface area contributed by atoms with Gasteiger partial charge in [-0.15, -0.1) is 0 Å². The monoisotopic (exact) mass is 173 g/mol. The average Bonchev–Trinajstić information content (AvgIpc) is 1.82. The molecule has 4 heteroatoms. The highest BCUT2D eigenvalue weighted by Gasteiger charge is 1.93. The van der Waals surface area contributed by atoms with Gasteiger partial charge in [0.2, 0.25) is 0 Å². The Bertz CT molecular complexity index is 154. The van der Waals surface area contributed by atoms with Crippen LogP contribution in [-0.4, -0.2) is 30.8 Å². The van der Waals surface area contributed by atoms with Crippen LogP contribution in [0.2, 0.25) is 0 Å². The first kappa shape index (κ1) is 10.4. The lowest BCUT2D eigenvalue weighted by Crippen LogP contribution is -2.43. The molecule has 11 heavy (non-hydrogen) atoms. The van der Waals surface area contributed by atoms with E-state index in [4.69, 9.17) is 12.2 Å². The van der Waals surface area contributed by atoms with Gasteiger partial charge in [-0.3, -0.25) is 5.43 Å². The largest absolute Gasteiger partial charge is 0.358 e. The second-order valence-corrected chi connectivity index (χ2v) is 3.05. The second-order valence-electron chi connectivity index (χ2n) is 2.65. The second kappa shape index (κ2) is 5.09. The van der Waals surface area contributed by atoms with Gasteiger partial charge in [-0.25, -0.2) is 5.01 Å². The molecule has 0 rings (SSSR count). The maximum Gasteiger partial charge on any atom is 0.181 e. The van der Waals surface area contributed by atoms with Crippen LogP contribution in [0.3, 0.4) is 0 Å².